The minimum Gasteiger partial charge on any atom is -0.349 e. The number of hydrogen-bond acceptors (Lipinski definition) is 3. The molecule has 17 heavy (non-hydrogen) atoms. The Morgan fingerprint density at radius 2 is 2.00 bits per heavy atom. The van der Waals surface area contributed by atoms with E-state index in [9.17, 15) is 0 Å². The predicted octanol–water partition coefficient (Wildman–Crippen LogP) is 2.49. The van der Waals surface area contributed by atoms with Crippen LogP contribution < -0.4 is 5.32 Å². The smallest absolute Gasteiger partial charge is 0.163 e. The fourth-order valence-electron chi connectivity index (χ4n) is 2.17. The molecular formula is C14H21NO2. The molecule has 0 aliphatic carbocycles. The summed E-state index contributed by atoms with van der Waals surface area (Å²) in [5.41, 5.74) is 1.20. The summed E-state index contributed by atoms with van der Waals surface area (Å²) >= 11 is 0. The van der Waals surface area contributed by atoms with Crippen LogP contribution in [0.4, 0.5) is 0 Å². The molecule has 0 bridgehead atoms. The van der Waals surface area contributed by atoms with Crippen LogP contribution in [0.15, 0.2) is 30.3 Å². The lowest BCUT2D eigenvalue weighted by Gasteiger charge is -2.41. The third-order valence-electron chi connectivity index (χ3n) is 2.98. The summed E-state index contributed by atoms with van der Waals surface area (Å²) in [6, 6.07) is 10.5. The predicted molar refractivity (Wildman–Crippen MR) is 67.8 cm³/mol. The van der Waals surface area contributed by atoms with Crippen molar-refractivity contribution >= 4 is 0 Å². The van der Waals surface area contributed by atoms with E-state index in [2.05, 4.69) is 24.4 Å². The molecule has 0 aromatic heterocycles. The summed E-state index contributed by atoms with van der Waals surface area (Å²) in [5.74, 6) is -0.508. The van der Waals surface area contributed by atoms with Crippen LogP contribution in [0.5, 0.6) is 0 Å². The molecule has 94 valence electrons. The summed E-state index contributed by atoms with van der Waals surface area (Å²) < 4.78 is 11.7. The van der Waals surface area contributed by atoms with Gasteiger partial charge in [-0.1, -0.05) is 37.3 Å². The number of rotatable bonds is 3. The van der Waals surface area contributed by atoms with Crippen molar-refractivity contribution in [2.24, 2.45) is 0 Å². The molecule has 2 rings (SSSR count). The number of likely N-dealkylation sites (N-methyl/N-ethyl adjacent to an activating group) is 1. The van der Waals surface area contributed by atoms with Gasteiger partial charge in [0.2, 0.25) is 0 Å². The van der Waals surface area contributed by atoms with E-state index in [0.29, 0.717) is 6.61 Å². The summed E-state index contributed by atoms with van der Waals surface area (Å²) in [7, 11) is 0. The van der Waals surface area contributed by atoms with Gasteiger partial charge in [0.05, 0.1) is 12.6 Å². The minimum atomic E-state index is -0.508. The molecule has 1 heterocycles. The Morgan fingerprint density at radius 1 is 1.29 bits per heavy atom. The Kier molecular flexibility index (Phi) is 3.82. The molecule has 0 spiro atoms. The van der Waals surface area contributed by atoms with E-state index in [-0.39, 0.29) is 12.1 Å². The Labute approximate surface area is 103 Å². The molecule has 1 aromatic carbocycles. The first-order valence-corrected chi connectivity index (χ1v) is 6.22. The summed E-state index contributed by atoms with van der Waals surface area (Å²) in [4.78, 5) is 0. The van der Waals surface area contributed by atoms with E-state index < -0.39 is 5.79 Å². The molecule has 0 radical (unpaired) electrons. The molecule has 0 amide bonds. The van der Waals surface area contributed by atoms with Crippen molar-refractivity contribution in [2.75, 3.05) is 13.2 Å². The highest BCUT2D eigenvalue weighted by Gasteiger charge is 2.36. The molecule has 2 atom stereocenters. The maximum Gasteiger partial charge on any atom is 0.163 e. The van der Waals surface area contributed by atoms with Crippen molar-refractivity contribution in [2.45, 2.75) is 38.7 Å². The quantitative estimate of drug-likeness (QED) is 0.873. The maximum atomic E-state index is 6.04. The molecule has 1 aliphatic heterocycles. The largest absolute Gasteiger partial charge is 0.349 e. The normalized spacial score (nSPS) is 27.9. The Balaban J connectivity index is 2.19. The van der Waals surface area contributed by atoms with Crippen LogP contribution in [-0.4, -0.2) is 25.0 Å². The zero-order valence-corrected chi connectivity index (χ0v) is 10.8. The van der Waals surface area contributed by atoms with Crippen LogP contribution in [0.25, 0.3) is 0 Å². The molecule has 3 nitrogen and oxygen atoms in total. The lowest BCUT2D eigenvalue weighted by atomic mass is 10.0. The van der Waals surface area contributed by atoms with Gasteiger partial charge in [-0.2, -0.15) is 0 Å². The SMILES string of the molecule is CCN[C@@H]1COC(C)(C)O[C@@H]1c1ccccc1. The molecule has 0 saturated carbocycles. The van der Waals surface area contributed by atoms with Gasteiger partial charge in [-0.15, -0.1) is 0 Å². The lowest BCUT2D eigenvalue weighted by Crippen LogP contribution is -2.50. The first-order valence-electron chi connectivity index (χ1n) is 6.22. The van der Waals surface area contributed by atoms with Crippen molar-refractivity contribution in [1.82, 2.24) is 5.32 Å². The van der Waals surface area contributed by atoms with E-state index in [1.165, 1.54) is 5.56 Å². The molecule has 1 aromatic rings. The summed E-state index contributed by atoms with van der Waals surface area (Å²) in [5, 5.41) is 3.42. The highest BCUT2D eigenvalue weighted by atomic mass is 16.7. The zero-order chi connectivity index (χ0) is 12.3. The number of nitrogens with one attached hydrogen (secondary N) is 1. The minimum absolute atomic E-state index is 0.0555. The van der Waals surface area contributed by atoms with Crippen LogP contribution in [0, 0.1) is 0 Å². The molecular weight excluding hydrogens is 214 g/mol. The third-order valence-corrected chi connectivity index (χ3v) is 2.98. The Hall–Kier alpha value is -0.900. The highest BCUT2D eigenvalue weighted by molar-refractivity contribution is 5.20. The van der Waals surface area contributed by atoms with Gasteiger partial charge in [0.1, 0.15) is 6.10 Å². The first-order chi connectivity index (χ1) is 8.12. The summed E-state index contributed by atoms with van der Waals surface area (Å²) in [6.07, 6.45) is 0.0555. The van der Waals surface area contributed by atoms with Crippen LogP contribution in [0.2, 0.25) is 0 Å². The second-order valence-corrected chi connectivity index (χ2v) is 4.82. The van der Waals surface area contributed by atoms with Gasteiger partial charge in [-0.05, 0) is 26.0 Å². The van der Waals surface area contributed by atoms with Crippen LogP contribution in [-0.2, 0) is 9.47 Å². The maximum absolute atomic E-state index is 6.04. The van der Waals surface area contributed by atoms with Gasteiger partial charge in [0.25, 0.3) is 0 Å². The van der Waals surface area contributed by atoms with Crippen LogP contribution in [0.3, 0.4) is 0 Å². The Bertz CT molecular complexity index is 350. The molecule has 1 aliphatic rings. The van der Waals surface area contributed by atoms with E-state index in [1.54, 1.807) is 0 Å². The van der Waals surface area contributed by atoms with Gasteiger partial charge in [-0.25, -0.2) is 0 Å². The standard InChI is InChI=1S/C14H21NO2/c1-4-15-12-10-16-14(2,3)17-13(12)11-8-6-5-7-9-11/h5-9,12-13,15H,4,10H2,1-3H3/t12-,13-/m1/s1. The van der Waals surface area contributed by atoms with Gasteiger partial charge in [0.15, 0.2) is 5.79 Å². The number of hydrogen-bond donors (Lipinski definition) is 1. The molecule has 1 fully saturated rings. The molecule has 1 N–H and O–H groups in total. The van der Waals surface area contributed by atoms with Crippen molar-refractivity contribution in [3.63, 3.8) is 0 Å². The topological polar surface area (TPSA) is 30.5 Å². The average molecular weight is 235 g/mol. The second-order valence-electron chi connectivity index (χ2n) is 4.82. The van der Waals surface area contributed by atoms with E-state index >= 15 is 0 Å². The fourth-order valence-corrected chi connectivity index (χ4v) is 2.17. The van der Waals surface area contributed by atoms with Gasteiger partial charge in [0, 0.05) is 0 Å². The van der Waals surface area contributed by atoms with Crippen molar-refractivity contribution in [3.05, 3.63) is 35.9 Å². The molecule has 3 heteroatoms. The van der Waals surface area contributed by atoms with E-state index in [0.717, 1.165) is 6.54 Å². The van der Waals surface area contributed by atoms with E-state index in [1.807, 2.05) is 32.0 Å². The van der Waals surface area contributed by atoms with E-state index in [4.69, 9.17) is 9.47 Å². The number of ether oxygens (including phenoxy) is 2. The third kappa shape index (κ3) is 3.06. The highest BCUT2D eigenvalue weighted by Crippen LogP contribution is 2.32. The molecule has 0 unspecified atom stereocenters. The van der Waals surface area contributed by atoms with Crippen molar-refractivity contribution in [3.8, 4) is 0 Å². The van der Waals surface area contributed by atoms with Crippen LogP contribution in [0.1, 0.15) is 32.4 Å². The fraction of sp³-hybridized carbons (Fsp3) is 0.571. The Morgan fingerprint density at radius 3 is 2.65 bits per heavy atom. The van der Waals surface area contributed by atoms with Crippen molar-refractivity contribution in [1.29, 1.82) is 0 Å². The van der Waals surface area contributed by atoms with Gasteiger partial charge in [-0.3, -0.25) is 0 Å². The second kappa shape index (κ2) is 5.17. The summed E-state index contributed by atoms with van der Waals surface area (Å²) in [6.45, 7) is 7.62. The van der Waals surface area contributed by atoms with Crippen molar-refractivity contribution < 1.29 is 9.47 Å². The van der Waals surface area contributed by atoms with Gasteiger partial charge >= 0.3 is 0 Å². The van der Waals surface area contributed by atoms with Crippen LogP contribution >= 0.6 is 0 Å². The van der Waals surface area contributed by atoms with Gasteiger partial charge < -0.3 is 14.8 Å². The molecule has 1 saturated heterocycles. The lowest BCUT2D eigenvalue weighted by molar-refractivity contribution is -0.285. The monoisotopic (exact) mass is 235 g/mol. The first kappa shape index (κ1) is 12.6. The number of benzene rings is 1. The average Bonchev–Trinajstić information content (AvgIpc) is 2.32. The zero-order valence-electron chi connectivity index (χ0n) is 10.8.